The largest absolute Gasteiger partial charge is 0.309 e. The molecule has 1 aromatic carbocycles. The van der Waals surface area contributed by atoms with Gasteiger partial charge in [0.15, 0.2) is 0 Å². The highest BCUT2D eigenvalue weighted by Crippen LogP contribution is 2.35. The third kappa shape index (κ3) is 3.49. The predicted octanol–water partition coefficient (Wildman–Crippen LogP) is 3.47. The first kappa shape index (κ1) is 17.1. The summed E-state index contributed by atoms with van der Waals surface area (Å²) in [6.45, 7) is 0.0201. The first-order valence-electron chi connectivity index (χ1n) is 9.08. The summed E-state index contributed by atoms with van der Waals surface area (Å²) in [5.41, 5.74) is 0.810. The van der Waals surface area contributed by atoms with Crippen LogP contribution in [0.3, 0.4) is 0 Å². The van der Waals surface area contributed by atoms with E-state index < -0.39 is 0 Å². The van der Waals surface area contributed by atoms with Crippen LogP contribution >= 0.6 is 11.8 Å². The molecule has 1 N–H and O–H groups in total. The molecule has 1 aliphatic carbocycles. The lowest BCUT2D eigenvalue weighted by Crippen LogP contribution is -2.41. The third-order valence-corrected chi connectivity index (χ3v) is 6.02. The summed E-state index contributed by atoms with van der Waals surface area (Å²) in [6, 6.07) is 9.88. The molecule has 0 radical (unpaired) electrons. The Morgan fingerprint density at radius 1 is 1.19 bits per heavy atom. The number of aromatic nitrogens is 2. The maximum Gasteiger partial charge on any atom is 0.245 e. The number of hydrogen-bond acceptors (Lipinski definition) is 4. The Morgan fingerprint density at radius 2 is 2.00 bits per heavy atom. The van der Waals surface area contributed by atoms with E-state index in [-0.39, 0.29) is 18.4 Å². The third-order valence-electron chi connectivity index (χ3n) is 4.97. The fourth-order valence-corrected chi connectivity index (χ4v) is 4.62. The van der Waals surface area contributed by atoms with Gasteiger partial charge in [-0.1, -0.05) is 31.4 Å². The van der Waals surface area contributed by atoms with E-state index in [4.69, 9.17) is 0 Å². The summed E-state index contributed by atoms with van der Waals surface area (Å²) in [4.78, 5) is 27.5. The Kier molecular flexibility index (Phi) is 4.97. The van der Waals surface area contributed by atoms with Crippen molar-refractivity contribution in [2.45, 2.75) is 43.0 Å². The topological polar surface area (TPSA) is 67.2 Å². The Labute approximate surface area is 156 Å². The number of para-hydroxylation sites is 1. The van der Waals surface area contributed by atoms with E-state index in [2.05, 4.69) is 10.4 Å². The fraction of sp³-hybridized carbons (Fsp3) is 0.421. The number of carbonyl (C=O) groups excluding carboxylic acids is 2. The summed E-state index contributed by atoms with van der Waals surface area (Å²) in [5, 5.41) is 7.36. The predicted molar refractivity (Wildman–Crippen MR) is 102 cm³/mol. The number of benzene rings is 1. The smallest absolute Gasteiger partial charge is 0.245 e. The van der Waals surface area contributed by atoms with Crippen LogP contribution in [0.15, 0.2) is 41.4 Å². The van der Waals surface area contributed by atoms with Crippen molar-refractivity contribution in [2.75, 3.05) is 22.5 Å². The van der Waals surface area contributed by atoms with Gasteiger partial charge in [-0.3, -0.25) is 9.59 Å². The second-order valence-corrected chi connectivity index (χ2v) is 7.75. The van der Waals surface area contributed by atoms with Crippen molar-refractivity contribution in [1.82, 2.24) is 9.78 Å². The van der Waals surface area contributed by atoms with Crippen LogP contribution < -0.4 is 10.2 Å². The lowest BCUT2D eigenvalue weighted by Gasteiger charge is -2.28. The average Bonchev–Trinajstić information content (AvgIpc) is 3.13. The molecule has 0 saturated heterocycles. The van der Waals surface area contributed by atoms with E-state index >= 15 is 0 Å². The molecule has 2 aliphatic rings. The van der Waals surface area contributed by atoms with Gasteiger partial charge in [0.05, 0.1) is 23.7 Å². The van der Waals surface area contributed by atoms with Gasteiger partial charge in [-0.15, -0.1) is 11.8 Å². The zero-order valence-electron chi connectivity index (χ0n) is 14.6. The molecule has 1 aromatic heterocycles. The van der Waals surface area contributed by atoms with E-state index in [0.29, 0.717) is 17.6 Å². The average molecular weight is 370 g/mol. The highest BCUT2D eigenvalue weighted by molar-refractivity contribution is 8.00. The molecule has 4 rings (SSSR count). The second-order valence-electron chi connectivity index (χ2n) is 6.74. The second kappa shape index (κ2) is 7.53. The van der Waals surface area contributed by atoms with Crippen molar-refractivity contribution in [2.24, 2.45) is 0 Å². The zero-order chi connectivity index (χ0) is 17.9. The number of hydrogen-bond donors (Lipinski definition) is 1. The molecule has 2 aromatic rings. The van der Waals surface area contributed by atoms with Gasteiger partial charge >= 0.3 is 0 Å². The molecule has 2 heterocycles. The molecule has 0 unspecified atom stereocenters. The maximum absolute atomic E-state index is 12.6. The molecule has 136 valence electrons. The molecule has 1 aliphatic heterocycles. The van der Waals surface area contributed by atoms with Gasteiger partial charge in [-0.2, -0.15) is 5.10 Å². The molecular formula is C19H22N4O2S. The van der Waals surface area contributed by atoms with Crippen molar-refractivity contribution < 1.29 is 9.59 Å². The fourth-order valence-electron chi connectivity index (χ4n) is 3.68. The summed E-state index contributed by atoms with van der Waals surface area (Å²) in [7, 11) is 0. The SMILES string of the molecule is O=C(CN1C(=O)CSc2ccccc21)Nc1ccnn1C1CCCCC1. The molecule has 1 saturated carbocycles. The number of carbonyl (C=O) groups is 2. The van der Waals surface area contributed by atoms with Crippen molar-refractivity contribution >= 4 is 35.1 Å². The number of anilines is 2. The van der Waals surface area contributed by atoms with Crippen molar-refractivity contribution in [3.63, 3.8) is 0 Å². The lowest BCUT2D eigenvalue weighted by molar-refractivity contribution is -0.120. The number of amides is 2. The van der Waals surface area contributed by atoms with Crippen molar-refractivity contribution in [3.8, 4) is 0 Å². The normalized spacial score (nSPS) is 17.8. The van der Waals surface area contributed by atoms with Crippen LogP contribution in [0.2, 0.25) is 0 Å². The Balaban J connectivity index is 1.47. The van der Waals surface area contributed by atoms with E-state index in [1.165, 1.54) is 31.0 Å². The molecule has 7 heteroatoms. The number of rotatable bonds is 4. The van der Waals surface area contributed by atoms with Crippen LogP contribution in [-0.4, -0.2) is 33.9 Å². The van der Waals surface area contributed by atoms with Gasteiger partial charge < -0.3 is 10.2 Å². The Morgan fingerprint density at radius 3 is 2.85 bits per heavy atom. The Bertz CT molecular complexity index is 813. The number of fused-ring (bicyclic) bond motifs is 1. The molecule has 6 nitrogen and oxygen atoms in total. The van der Waals surface area contributed by atoms with E-state index in [1.54, 1.807) is 11.1 Å². The van der Waals surface area contributed by atoms with Crippen LogP contribution in [0.1, 0.15) is 38.1 Å². The summed E-state index contributed by atoms with van der Waals surface area (Å²) in [5.74, 6) is 0.848. The van der Waals surface area contributed by atoms with Crippen LogP contribution in [0.5, 0.6) is 0 Å². The first-order chi connectivity index (χ1) is 12.7. The number of thioether (sulfide) groups is 1. The highest BCUT2D eigenvalue weighted by atomic mass is 32.2. The van der Waals surface area contributed by atoms with Crippen molar-refractivity contribution in [1.29, 1.82) is 0 Å². The summed E-state index contributed by atoms with van der Waals surface area (Å²) in [6.07, 6.45) is 7.60. The number of nitrogens with one attached hydrogen (secondary N) is 1. The van der Waals surface area contributed by atoms with Crippen LogP contribution in [0, 0.1) is 0 Å². The van der Waals surface area contributed by atoms with Crippen LogP contribution in [0.25, 0.3) is 0 Å². The summed E-state index contributed by atoms with van der Waals surface area (Å²) >= 11 is 1.52. The van der Waals surface area contributed by atoms with Crippen LogP contribution in [0.4, 0.5) is 11.5 Å². The zero-order valence-corrected chi connectivity index (χ0v) is 15.4. The van der Waals surface area contributed by atoms with E-state index in [9.17, 15) is 9.59 Å². The van der Waals surface area contributed by atoms with Gasteiger partial charge in [-0.25, -0.2) is 4.68 Å². The maximum atomic E-state index is 12.6. The molecule has 26 heavy (non-hydrogen) atoms. The molecule has 0 bridgehead atoms. The molecule has 1 fully saturated rings. The highest BCUT2D eigenvalue weighted by Gasteiger charge is 2.27. The van der Waals surface area contributed by atoms with Crippen molar-refractivity contribution in [3.05, 3.63) is 36.5 Å². The van der Waals surface area contributed by atoms with Crippen LogP contribution in [-0.2, 0) is 9.59 Å². The number of nitrogens with zero attached hydrogens (tertiary/aromatic N) is 3. The summed E-state index contributed by atoms with van der Waals surface area (Å²) < 4.78 is 1.93. The first-order valence-corrected chi connectivity index (χ1v) is 10.1. The molecule has 0 atom stereocenters. The van der Waals surface area contributed by atoms with Gasteiger partial charge in [0.1, 0.15) is 12.4 Å². The molecule has 0 spiro atoms. The van der Waals surface area contributed by atoms with Gasteiger partial charge in [0, 0.05) is 11.0 Å². The monoisotopic (exact) mass is 370 g/mol. The minimum atomic E-state index is -0.197. The minimum Gasteiger partial charge on any atom is -0.309 e. The van der Waals surface area contributed by atoms with E-state index in [0.717, 1.165) is 23.4 Å². The minimum absolute atomic E-state index is 0.0201. The quantitative estimate of drug-likeness (QED) is 0.895. The standard InChI is InChI=1S/C19H22N4O2S/c24-18(12-22-15-8-4-5-9-16(15)26-13-19(22)25)21-17-10-11-20-23(17)14-6-2-1-3-7-14/h4-5,8-11,14H,1-3,6-7,12-13H2,(H,21,24). The van der Waals surface area contributed by atoms with Gasteiger partial charge in [0.25, 0.3) is 0 Å². The molecule has 2 amide bonds. The lowest BCUT2D eigenvalue weighted by atomic mass is 9.96. The Hall–Kier alpha value is -2.28. The molecular weight excluding hydrogens is 348 g/mol. The van der Waals surface area contributed by atoms with E-state index in [1.807, 2.05) is 35.0 Å². The van der Waals surface area contributed by atoms with Gasteiger partial charge in [-0.05, 0) is 25.0 Å². The van der Waals surface area contributed by atoms with Gasteiger partial charge in [0.2, 0.25) is 11.8 Å².